The van der Waals surface area contributed by atoms with E-state index in [1.54, 1.807) is 17.0 Å². The topological polar surface area (TPSA) is 88.3 Å². The molecule has 23 heavy (non-hydrogen) atoms. The Morgan fingerprint density at radius 1 is 1.39 bits per heavy atom. The molecule has 1 aromatic rings. The maximum Gasteiger partial charge on any atom is 0.247 e. The van der Waals surface area contributed by atoms with Crippen LogP contribution in [0.15, 0.2) is 18.3 Å². The molecule has 3 N–H and O–H groups in total. The van der Waals surface area contributed by atoms with Crippen molar-refractivity contribution in [2.45, 2.75) is 46.1 Å². The van der Waals surface area contributed by atoms with Gasteiger partial charge in [0.25, 0.3) is 0 Å². The van der Waals surface area contributed by atoms with Crippen LogP contribution in [0.5, 0.6) is 0 Å². The second-order valence-electron chi connectivity index (χ2n) is 6.94. The third kappa shape index (κ3) is 5.39. The summed E-state index contributed by atoms with van der Waals surface area (Å²) in [5.74, 6) is 0.285. The number of hydrogen-bond acceptors (Lipinski definition) is 4. The summed E-state index contributed by atoms with van der Waals surface area (Å²) in [5, 5.41) is 2.81. The Labute approximate surface area is 143 Å². The van der Waals surface area contributed by atoms with Crippen molar-refractivity contribution in [1.82, 2.24) is 9.88 Å². The van der Waals surface area contributed by atoms with Crippen molar-refractivity contribution in [3.8, 4) is 0 Å². The highest BCUT2D eigenvalue weighted by molar-refractivity contribution is 5.97. The molecule has 2 heterocycles. The molecule has 0 spiro atoms. The van der Waals surface area contributed by atoms with Crippen LogP contribution in [-0.2, 0) is 9.59 Å². The summed E-state index contributed by atoms with van der Waals surface area (Å²) >= 11 is 0. The van der Waals surface area contributed by atoms with E-state index < -0.39 is 6.04 Å². The third-order valence-electron chi connectivity index (χ3n) is 3.61. The second kappa shape index (κ2) is 7.64. The predicted octanol–water partition coefficient (Wildman–Crippen LogP) is 2.45. The molecule has 1 aromatic heterocycles. The minimum atomic E-state index is -0.396. The lowest BCUT2D eigenvalue weighted by Gasteiger charge is -2.27. The summed E-state index contributed by atoms with van der Waals surface area (Å²) in [5.41, 5.74) is 6.03. The zero-order valence-corrected chi connectivity index (χ0v) is 14.7. The Kier molecular flexibility index (Phi) is 6.38. The van der Waals surface area contributed by atoms with Gasteiger partial charge < -0.3 is 16.0 Å². The number of carbonyl (C=O) groups excluding carboxylic acids is 2. The minimum absolute atomic E-state index is 0. The van der Waals surface area contributed by atoms with Gasteiger partial charge in [0, 0.05) is 13.0 Å². The summed E-state index contributed by atoms with van der Waals surface area (Å²) in [6, 6.07) is 2.94. The fourth-order valence-electron chi connectivity index (χ4n) is 2.60. The molecule has 1 saturated heterocycles. The van der Waals surface area contributed by atoms with Gasteiger partial charge in [-0.05, 0) is 30.4 Å². The normalized spacial score (nSPS) is 17.5. The van der Waals surface area contributed by atoms with Gasteiger partial charge >= 0.3 is 0 Å². The van der Waals surface area contributed by atoms with Gasteiger partial charge in [0.1, 0.15) is 11.9 Å². The molecule has 128 valence electrons. The van der Waals surface area contributed by atoms with Crippen molar-refractivity contribution in [2.75, 3.05) is 17.6 Å². The molecular weight excluding hydrogens is 316 g/mol. The Morgan fingerprint density at radius 2 is 2.09 bits per heavy atom. The number of rotatable bonds is 3. The van der Waals surface area contributed by atoms with Crippen LogP contribution in [0, 0.1) is 5.41 Å². The Hall–Kier alpha value is -1.82. The first-order valence-electron chi connectivity index (χ1n) is 7.58. The van der Waals surface area contributed by atoms with Crippen LogP contribution in [0.1, 0.15) is 40.0 Å². The fraction of sp³-hybridized carbons (Fsp3) is 0.562. The average Bonchev–Trinajstić information content (AvgIpc) is 2.89. The zero-order chi connectivity index (χ0) is 16.3. The zero-order valence-electron chi connectivity index (χ0n) is 13.8. The molecule has 0 bridgehead atoms. The van der Waals surface area contributed by atoms with Crippen LogP contribution in [0.4, 0.5) is 11.5 Å². The van der Waals surface area contributed by atoms with Crippen LogP contribution in [0.25, 0.3) is 0 Å². The highest BCUT2D eigenvalue weighted by Gasteiger charge is 2.35. The van der Waals surface area contributed by atoms with Gasteiger partial charge in [0.15, 0.2) is 0 Å². The predicted molar refractivity (Wildman–Crippen MR) is 93.3 cm³/mol. The van der Waals surface area contributed by atoms with Gasteiger partial charge in [-0.3, -0.25) is 9.59 Å². The van der Waals surface area contributed by atoms with Crippen molar-refractivity contribution in [3.05, 3.63) is 18.3 Å². The second-order valence-corrected chi connectivity index (χ2v) is 6.94. The van der Waals surface area contributed by atoms with E-state index >= 15 is 0 Å². The van der Waals surface area contributed by atoms with Crippen LogP contribution in [0.2, 0.25) is 0 Å². The number of nitrogens with zero attached hydrogens (tertiary/aromatic N) is 2. The molecule has 1 aliphatic heterocycles. The van der Waals surface area contributed by atoms with E-state index in [2.05, 4.69) is 10.3 Å². The highest BCUT2D eigenvalue weighted by atomic mass is 35.5. The Bertz CT molecular complexity index is 554. The Balaban J connectivity index is 0.00000264. The SMILES string of the molecule is CC(C)(C)CC(=O)N1CCCC1C(=O)Nc1ccc(N)nc1.Cl. The van der Waals surface area contributed by atoms with E-state index in [0.29, 0.717) is 30.9 Å². The van der Waals surface area contributed by atoms with E-state index in [-0.39, 0.29) is 29.6 Å². The lowest BCUT2D eigenvalue weighted by atomic mass is 9.91. The van der Waals surface area contributed by atoms with Gasteiger partial charge in [0.2, 0.25) is 11.8 Å². The van der Waals surface area contributed by atoms with E-state index in [4.69, 9.17) is 5.73 Å². The van der Waals surface area contributed by atoms with Crippen molar-refractivity contribution in [3.63, 3.8) is 0 Å². The smallest absolute Gasteiger partial charge is 0.247 e. The average molecular weight is 341 g/mol. The third-order valence-corrected chi connectivity index (χ3v) is 3.61. The van der Waals surface area contributed by atoms with E-state index in [1.165, 1.54) is 6.20 Å². The molecule has 1 aliphatic rings. The summed E-state index contributed by atoms with van der Waals surface area (Å²) in [7, 11) is 0. The molecule has 2 rings (SSSR count). The van der Waals surface area contributed by atoms with E-state index in [0.717, 1.165) is 6.42 Å². The van der Waals surface area contributed by atoms with Gasteiger partial charge in [0.05, 0.1) is 11.9 Å². The number of nitrogens with one attached hydrogen (secondary N) is 1. The molecule has 1 unspecified atom stereocenters. The number of anilines is 2. The van der Waals surface area contributed by atoms with Crippen molar-refractivity contribution in [2.24, 2.45) is 5.41 Å². The number of halogens is 1. The molecule has 1 atom stereocenters. The molecule has 6 nitrogen and oxygen atoms in total. The van der Waals surface area contributed by atoms with E-state index in [9.17, 15) is 9.59 Å². The standard InChI is InChI=1S/C16H24N4O2.ClH/c1-16(2,3)9-14(21)20-8-4-5-12(20)15(22)19-11-6-7-13(17)18-10-11;/h6-7,10,12H,4-5,8-9H2,1-3H3,(H2,17,18)(H,19,22);1H. The molecule has 0 saturated carbocycles. The number of nitrogen functional groups attached to an aromatic ring is 1. The molecular formula is C16H25ClN4O2. The van der Waals surface area contributed by atoms with Crippen LogP contribution < -0.4 is 11.1 Å². The number of hydrogen-bond donors (Lipinski definition) is 2. The number of carbonyl (C=O) groups is 2. The monoisotopic (exact) mass is 340 g/mol. The molecule has 7 heteroatoms. The molecule has 0 aliphatic carbocycles. The molecule has 0 aromatic carbocycles. The van der Waals surface area contributed by atoms with Gasteiger partial charge in [-0.2, -0.15) is 0 Å². The van der Waals surface area contributed by atoms with Crippen molar-refractivity contribution >= 4 is 35.7 Å². The van der Waals surface area contributed by atoms with Crippen molar-refractivity contribution < 1.29 is 9.59 Å². The number of likely N-dealkylation sites (tertiary alicyclic amines) is 1. The summed E-state index contributed by atoms with van der Waals surface area (Å²) in [4.78, 5) is 30.4. The van der Waals surface area contributed by atoms with Gasteiger partial charge in [-0.25, -0.2) is 4.98 Å². The van der Waals surface area contributed by atoms with Crippen molar-refractivity contribution in [1.29, 1.82) is 0 Å². The fourth-order valence-corrected chi connectivity index (χ4v) is 2.60. The first-order valence-corrected chi connectivity index (χ1v) is 7.58. The summed E-state index contributed by atoms with van der Waals surface area (Å²) in [6.45, 7) is 6.72. The summed E-state index contributed by atoms with van der Waals surface area (Å²) < 4.78 is 0. The first-order chi connectivity index (χ1) is 10.3. The largest absolute Gasteiger partial charge is 0.384 e. The van der Waals surface area contributed by atoms with Crippen LogP contribution in [-0.4, -0.2) is 34.3 Å². The number of pyridine rings is 1. The molecule has 1 fully saturated rings. The number of amides is 2. The Morgan fingerprint density at radius 3 is 2.65 bits per heavy atom. The lowest BCUT2D eigenvalue weighted by molar-refractivity contribution is -0.138. The molecule has 0 radical (unpaired) electrons. The molecule has 2 amide bonds. The number of aromatic nitrogens is 1. The van der Waals surface area contributed by atoms with Gasteiger partial charge in [-0.15, -0.1) is 12.4 Å². The maximum atomic E-state index is 12.4. The number of nitrogens with two attached hydrogens (primary N) is 1. The van der Waals surface area contributed by atoms with Crippen LogP contribution in [0.3, 0.4) is 0 Å². The van der Waals surface area contributed by atoms with E-state index in [1.807, 2.05) is 20.8 Å². The summed E-state index contributed by atoms with van der Waals surface area (Å²) in [6.07, 6.45) is 3.52. The maximum absolute atomic E-state index is 12.4. The van der Waals surface area contributed by atoms with Gasteiger partial charge in [-0.1, -0.05) is 20.8 Å². The highest BCUT2D eigenvalue weighted by Crippen LogP contribution is 2.25. The first kappa shape index (κ1) is 19.2. The lowest BCUT2D eigenvalue weighted by Crippen LogP contribution is -2.44. The minimum Gasteiger partial charge on any atom is -0.384 e. The quantitative estimate of drug-likeness (QED) is 0.884. The van der Waals surface area contributed by atoms with Crippen LogP contribution >= 0.6 is 12.4 Å².